The van der Waals surface area contributed by atoms with E-state index < -0.39 is 0 Å². The van der Waals surface area contributed by atoms with Crippen molar-refractivity contribution in [3.8, 4) is 5.75 Å². The lowest BCUT2D eigenvalue weighted by molar-refractivity contribution is 0.0494. The molecule has 2 rings (SSSR count). The predicted molar refractivity (Wildman–Crippen MR) is 98.7 cm³/mol. The van der Waals surface area contributed by atoms with E-state index >= 15 is 0 Å². The first-order valence-corrected chi connectivity index (χ1v) is 9.36. The molecule has 0 atom stereocenters. The molecule has 0 amide bonds. The summed E-state index contributed by atoms with van der Waals surface area (Å²) in [5.41, 5.74) is 0.488. The van der Waals surface area contributed by atoms with Gasteiger partial charge in [-0.2, -0.15) is 0 Å². The molecule has 0 saturated carbocycles. The Morgan fingerprint density at radius 2 is 1.71 bits per heavy atom. The van der Waals surface area contributed by atoms with E-state index in [1.807, 2.05) is 42.5 Å². The topological polar surface area (TPSA) is 35.5 Å². The summed E-state index contributed by atoms with van der Waals surface area (Å²) >= 11 is 1.59. The number of rotatable bonds is 10. The number of ether oxygens (including phenoxy) is 2. The van der Waals surface area contributed by atoms with Crippen LogP contribution in [0.1, 0.15) is 43.0 Å². The van der Waals surface area contributed by atoms with Gasteiger partial charge in [-0.15, -0.1) is 0 Å². The van der Waals surface area contributed by atoms with Gasteiger partial charge in [-0.3, -0.25) is 0 Å². The highest BCUT2D eigenvalue weighted by molar-refractivity contribution is 7.99. The number of hydrogen-bond donors (Lipinski definition) is 0. The largest absolute Gasteiger partial charge is 0.482 e. The summed E-state index contributed by atoms with van der Waals surface area (Å²) in [6.45, 7) is 2.62. The van der Waals surface area contributed by atoms with Crippen LogP contribution in [0.4, 0.5) is 0 Å². The molecule has 3 nitrogen and oxygen atoms in total. The average Bonchev–Trinajstić information content (AvgIpc) is 2.63. The molecule has 0 aliphatic heterocycles. The van der Waals surface area contributed by atoms with E-state index in [0.29, 0.717) is 23.9 Å². The molecule has 0 radical (unpaired) electrons. The van der Waals surface area contributed by atoms with Crippen molar-refractivity contribution in [3.05, 3.63) is 60.2 Å². The second-order valence-electron chi connectivity index (χ2n) is 5.41. The highest BCUT2D eigenvalue weighted by Crippen LogP contribution is 2.23. The van der Waals surface area contributed by atoms with E-state index in [9.17, 15) is 4.79 Å². The van der Waals surface area contributed by atoms with Crippen LogP contribution >= 0.6 is 11.8 Å². The minimum atomic E-state index is -0.313. The van der Waals surface area contributed by atoms with Gasteiger partial charge in [0.2, 0.25) is 0 Å². The average molecular weight is 344 g/mol. The van der Waals surface area contributed by atoms with Gasteiger partial charge in [0.05, 0.1) is 6.61 Å². The van der Waals surface area contributed by atoms with Crippen LogP contribution in [0.5, 0.6) is 5.75 Å². The Labute approximate surface area is 148 Å². The Morgan fingerprint density at radius 1 is 0.958 bits per heavy atom. The number of carbonyl (C=O) groups excluding carboxylic acids is 1. The van der Waals surface area contributed by atoms with E-state index in [2.05, 4.69) is 6.92 Å². The van der Waals surface area contributed by atoms with E-state index in [1.165, 1.54) is 12.8 Å². The van der Waals surface area contributed by atoms with Gasteiger partial charge in [-0.05, 0) is 30.7 Å². The molecule has 128 valence electrons. The zero-order chi connectivity index (χ0) is 17.0. The van der Waals surface area contributed by atoms with Crippen LogP contribution < -0.4 is 4.74 Å². The van der Waals surface area contributed by atoms with Gasteiger partial charge in [-0.25, -0.2) is 4.79 Å². The van der Waals surface area contributed by atoms with Gasteiger partial charge >= 0.3 is 5.97 Å². The van der Waals surface area contributed by atoms with Crippen molar-refractivity contribution in [3.63, 3.8) is 0 Å². The quantitative estimate of drug-likeness (QED) is 0.245. The number of thioether (sulfide) groups is 1. The van der Waals surface area contributed by atoms with E-state index in [-0.39, 0.29) is 5.97 Å². The highest BCUT2D eigenvalue weighted by Gasteiger charge is 2.13. The summed E-state index contributed by atoms with van der Waals surface area (Å²) in [5, 5.41) is 0. The third kappa shape index (κ3) is 6.28. The second-order valence-corrected chi connectivity index (χ2v) is 6.41. The van der Waals surface area contributed by atoms with Crippen molar-refractivity contribution in [2.75, 3.05) is 12.5 Å². The molecule has 0 saturated heterocycles. The van der Waals surface area contributed by atoms with Crippen molar-refractivity contribution >= 4 is 17.7 Å². The fourth-order valence-corrected chi connectivity index (χ4v) is 2.88. The Bertz CT molecular complexity index is 613. The molecule has 4 heteroatoms. The number of para-hydroxylation sites is 1. The monoisotopic (exact) mass is 344 g/mol. The summed E-state index contributed by atoms with van der Waals surface area (Å²) < 4.78 is 11.1. The van der Waals surface area contributed by atoms with Gasteiger partial charge < -0.3 is 9.47 Å². The molecule has 0 aromatic heterocycles. The standard InChI is InChI=1S/C20H24O3S/c1-2-3-4-10-15-22-20(21)18-13-8-9-14-19(18)23-16-24-17-11-6-5-7-12-17/h5-9,11-14H,2-4,10,15-16H2,1H3. The van der Waals surface area contributed by atoms with Crippen molar-refractivity contribution in [2.24, 2.45) is 0 Å². The molecule has 0 N–H and O–H groups in total. The minimum Gasteiger partial charge on any atom is -0.482 e. The molecular weight excluding hydrogens is 320 g/mol. The van der Waals surface area contributed by atoms with E-state index in [1.54, 1.807) is 23.9 Å². The van der Waals surface area contributed by atoms with Crippen molar-refractivity contribution in [1.82, 2.24) is 0 Å². The van der Waals surface area contributed by atoms with Crippen LogP contribution in [-0.2, 0) is 4.74 Å². The number of benzene rings is 2. The normalized spacial score (nSPS) is 10.4. The Hall–Kier alpha value is -1.94. The maximum absolute atomic E-state index is 12.2. The summed E-state index contributed by atoms with van der Waals surface area (Å²) in [6.07, 6.45) is 4.35. The van der Waals surface area contributed by atoms with Crippen LogP contribution in [0.2, 0.25) is 0 Å². The lowest BCUT2D eigenvalue weighted by Crippen LogP contribution is -2.09. The van der Waals surface area contributed by atoms with Crippen LogP contribution in [0.3, 0.4) is 0 Å². The molecule has 0 fully saturated rings. The van der Waals surface area contributed by atoms with E-state index in [0.717, 1.165) is 17.7 Å². The Balaban J connectivity index is 1.83. The smallest absolute Gasteiger partial charge is 0.341 e. The fraction of sp³-hybridized carbons (Fsp3) is 0.350. The van der Waals surface area contributed by atoms with Gasteiger partial charge in [0.15, 0.2) is 0 Å². The predicted octanol–water partition coefficient (Wildman–Crippen LogP) is 5.55. The molecule has 0 unspecified atom stereocenters. The molecule has 0 spiro atoms. The summed E-state index contributed by atoms with van der Waals surface area (Å²) in [6, 6.07) is 17.3. The van der Waals surface area contributed by atoms with Gasteiger partial charge in [0.25, 0.3) is 0 Å². The minimum absolute atomic E-state index is 0.313. The van der Waals surface area contributed by atoms with Gasteiger partial charge in [-0.1, -0.05) is 68.3 Å². The molecule has 0 aliphatic carbocycles. The maximum atomic E-state index is 12.2. The van der Waals surface area contributed by atoms with Crippen molar-refractivity contribution in [2.45, 2.75) is 37.5 Å². The van der Waals surface area contributed by atoms with Crippen LogP contribution in [0.25, 0.3) is 0 Å². The first-order valence-electron chi connectivity index (χ1n) is 8.38. The lowest BCUT2D eigenvalue weighted by atomic mass is 10.2. The SMILES string of the molecule is CCCCCCOC(=O)c1ccccc1OCSc1ccccc1. The first kappa shape index (κ1) is 18.4. The Kier molecular flexibility index (Phi) is 8.25. The van der Waals surface area contributed by atoms with Crippen LogP contribution in [0, 0.1) is 0 Å². The summed E-state index contributed by atoms with van der Waals surface area (Å²) in [4.78, 5) is 13.4. The molecule has 2 aromatic rings. The second kappa shape index (κ2) is 10.8. The number of hydrogen-bond acceptors (Lipinski definition) is 4. The molecule has 0 heterocycles. The highest BCUT2D eigenvalue weighted by atomic mass is 32.2. The molecule has 0 bridgehead atoms. The molecule has 2 aromatic carbocycles. The van der Waals surface area contributed by atoms with Gasteiger partial charge in [0, 0.05) is 4.90 Å². The fourth-order valence-electron chi connectivity index (χ4n) is 2.21. The lowest BCUT2D eigenvalue weighted by Gasteiger charge is -2.11. The van der Waals surface area contributed by atoms with Crippen LogP contribution in [-0.4, -0.2) is 18.5 Å². The Morgan fingerprint density at radius 3 is 2.50 bits per heavy atom. The zero-order valence-corrected chi connectivity index (χ0v) is 14.9. The molecular formula is C20H24O3S. The number of esters is 1. The van der Waals surface area contributed by atoms with Crippen molar-refractivity contribution < 1.29 is 14.3 Å². The number of carbonyl (C=O) groups is 1. The van der Waals surface area contributed by atoms with Crippen LogP contribution in [0.15, 0.2) is 59.5 Å². The molecule has 24 heavy (non-hydrogen) atoms. The van der Waals surface area contributed by atoms with E-state index in [4.69, 9.17) is 9.47 Å². The molecule has 0 aliphatic rings. The third-order valence-electron chi connectivity index (χ3n) is 3.52. The van der Waals surface area contributed by atoms with Gasteiger partial charge in [0.1, 0.15) is 17.3 Å². The summed E-state index contributed by atoms with van der Waals surface area (Å²) in [5.74, 6) is 0.705. The number of unbranched alkanes of at least 4 members (excludes halogenated alkanes) is 3. The first-order chi connectivity index (χ1) is 11.8. The zero-order valence-electron chi connectivity index (χ0n) is 14.1. The van der Waals surface area contributed by atoms with Crippen molar-refractivity contribution in [1.29, 1.82) is 0 Å². The summed E-state index contributed by atoms with van der Waals surface area (Å²) in [7, 11) is 0. The third-order valence-corrected chi connectivity index (χ3v) is 4.36. The maximum Gasteiger partial charge on any atom is 0.341 e.